The Morgan fingerprint density at radius 1 is 1.52 bits per heavy atom. The molecule has 0 aliphatic heterocycles. The molecule has 21 heavy (non-hydrogen) atoms. The number of thioether (sulfide) groups is 1. The average molecular weight is 329 g/mol. The molecule has 4 nitrogen and oxygen atoms in total. The molecule has 0 amide bonds. The van der Waals surface area contributed by atoms with Crippen LogP contribution in [0.5, 0.6) is 0 Å². The Hall–Kier alpha value is -1.53. The van der Waals surface area contributed by atoms with Crippen LogP contribution in [0.15, 0.2) is 23.1 Å². The zero-order chi connectivity index (χ0) is 15.6. The molecule has 0 fully saturated rings. The smallest absolute Gasteiger partial charge is 0.335 e. The molecule has 7 heteroatoms. The highest BCUT2D eigenvalue weighted by atomic mass is 35.5. The molecule has 1 aromatic carbocycles. The molecule has 0 saturated carbocycles. The summed E-state index contributed by atoms with van der Waals surface area (Å²) >= 11 is 7.40. The van der Waals surface area contributed by atoms with Crippen molar-refractivity contribution in [2.45, 2.75) is 31.0 Å². The van der Waals surface area contributed by atoms with Crippen molar-refractivity contribution in [2.24, 2.45) is 0 Å². The highest BCUT2D eigenvalue weighted by Crippen LogP contribution is 2.30. The number of carbonyl (C=O) groups is 1. The number of carboxylic acid groups (broad SMARTS) is 1. The second kappa shape index (κ2) is 6.49. The van der Waals surface area contributed by atoms with Gasteiger partial charge in [-0.15, -0.1) is 11.8 Å². The van der Waals surface area contributed by atoms with Crippen molar-refractivity contribution in [3.8, 4) is 0 Å². The van der Waals surface area contributed by atoms with Gasteiger partial charge >= 0.3 is 5.97 Å². The summed E-state index contributed by atoms with van der Waals surface area (Å²) in [6.45, 7) is 4.43. The van der Waals surface area contributed by atoms with E-state index < -0.39 is 11.8 Å². The first kappa shape index (κ1) is 15.9. The molecule has 2 rings (SSSR count). The van der Waals surface area contributed by atoms with Crippen LogP contribution in [0.2, 0.25) is 5.02 Å². The first-order valence-corrected chi connectivity index (χ1v) is 7.67. The summed E-state index contributed by atoms with van der Waals surface area (Å²) in [7, 11) is 0. The molecule has 0 radical (unpaired) electrons. The van der Waals surface area contributed by atoms with Crippen LogP contribution in [-0.4, -0.2) is 20.9 Å². The van der Waals surface area contributed by atoms with E-state index >= 15 is 0 Å². The maximum absolute atomic E-state index is 13.8. The fourth-order valence-corrected chi connectivity index (χ4v) is 3.18. The summed E-state index contributed by atoms with van der Waals surface area (Å²) < 4.78 is 15.5. The fraction of sp³-hybridized carbons (Fsp3) is 0.286. The number of hydrogen-bond acceptors (Lipinski definition) is 3. The minimum Gasteiger partial charge on any atom is -0.478 e. The summed E-state index contributed by atoms with van der Waals surface area (Å²) in [5.41, 5.74) is 1.60. The van der Waals surface area contributed by atoms with Gasteiger partial charge in [0.2, 0.25) is 0 Å². The molecule has 0 spiro atoms. The molecule has 0 aliphatic carbocycles. The second-order valence-electron chi connectivity index (χ2n) is 4.40. The van der Waals surface area contributed by atoms with E-state index in [9.17, 15) is 9.18 Å². The first-order chi connectivity index (χ1) is 9.93. The van der Waals surface area contributed by atoms with Crippen molar-refractivity contribution in [1.29, 1.82) is 0 Å². The van der Waals surface area contributed by atoms with Crippen molar-refractivity contribution in [3.05, 3.63) is 46.0 Å². The summed E-state index contributed by atoms with van der Waals surface area (Å²) in [6, 6.07) is 3.74. The van der Waals surface area contributed by atoms with E-state index in [2.05, 4.69) is 5.10 Å². The van der Waals surface area contributed by atoms with E-state index in [-0.39, 0.29) is 10.5 Å². The first-order valence-electron chi connectivity index (χ1n) is 6.31. The van der Waals surface area contributed by atoms with Gasteiger partial charge in [0.1, 0.15) is 5.82 Å². The maximum atomic E-state index is 13.8. The minimum absolute atomic E-state index is 0.0603. The Labute approximate surface area is 130 Å². The molecule has 0 unspecified atom stereocenters. The van der Waals surface area contributed by atoms with E-state index in [1.807, 2.05) is 13.8 Å². The lowest BCUT2D eigenvalue weighted by Gasteiger charge is -2.07. The molecule has 0 saturated heterocycles. The zero-order valence-corrected chi connectivity index (χ0v) is 13.1. The van der Waals surface area contributed by atoms with Gasteiger partial charge in [-0.05, 0) is 32.0 Å². The number of nitrogens with zero attached hydrogens (tertiary/aromatic N) is 2. The standard InChI is InChI=1S/C14H14ClFN2O2S/c1-3-18-11(13(15)8(2)17-18)7-21-12-6-9(14(19)20)4-5-10(12)16/h4-6H,3,7H2,1-2H3,(H,19,20). The third-order valence-electron chi connectivity index (χ3n) is 3.00. The molecular weight excluding hydrogens is 315 g/mol. The lowest BCUT2D eigenvalue weighted by Crippen LogP contribution is -2.02. The molecule has 1 aromatic heterocycles. The Bertz CT molecular complexity index is 688. The van der Waals surface area contributed by atoms with Gasteiger partial charge in [0.05, 0.1) is 22.0 Å². The van der Waals surface area contributed by atoms with E-state index in [0.717, 1.165) is 17.5 Å². The summed E-state index contributed by atoms with van der Waals surface area (Å²) in [5, 5.41) is 13.8. The Morgan fingerprint density at radius 2 is 2.24 bits per heavy atom. The van der Waals surface area contributed by atoms with Gasteiger partial charge in [-0.1, -0.05) is 11.6 Å². The Morgan fingerprint density at radius 3 is 2.86 bits per heavy atom. The summed E-state index contributed by atoms with van der Waals surface area (Å²) in [6.07, 6.45) is 0. The third kappa shape index (κ3) is 3.39. The maximum Gasteiger partial charge on any atom is 0.335 e. The molecule has 112 valence electrons. The predicted molar refractivity (Wildman–Crippen MR) is 80.6 cm³/mol. The van der Waals surface area contributed by atoms with Crippen LogP contribution in [0.1, 0.15) is 28.7 Å². The predicted octanol–water partition coefficient (Wildman–Crippen LogP) is 3.99. The number of aromatic nitrogens is 2. The number of benzene rings is 1. The summed E-state index contributed by atoms with van der Waals surface area (Å²) in [4.78, 5) is 11.2. The number of rotatable bonds is 5. The van der Waals surface area contributed by atoms with Crippen LogP contribution < -0.4 is 0 Å². The van der Waals surface area contributed by atoms with Crippen LogP contribution in [0, 0.1) is 12.7 Å². The van der Waals surface area contributed by atoms with Gasteiger partial charge < -0.3 is 5.11 Å². The number of aryl methyl sites for hydroxylation is 2. The lowest BCUT2D eigenvalue weighted by atomic mass is 10.2. The molecule has 1 heterocycles. The Balaban J connectivity index is 2.24. The number of halogens is 2. The van der Waals surface area contributed by atoms with Crippen LogP contribution >= 0.6 is 23.4 Å². The molecule has 2 aromatic rings. The van der Waals surface area contributed by atoms with Crippen LogP contribution in [0.3, 0.4) is 0 Å². The highest BCUT2D eigenvalue weighted by Gasteiger charge is 2.15. The average Bonchev–Trinajstić information content (AvgIpc) is 2.73. The molecule has 1 N–H and O–H groups in total. The molecule has 0 bridgehead atoms. The van der Waals surface area contributed by atoms with Gasteiger partial charge in [0.15, 0.2) is 0 Å². The van der Waals surface area contributed by atoms with Crippen molar-refractivity contribution >= 4 is 29.3 Å². The van der Waals surface area contributed by atoms with Crippen molar-refractivity contribution in [2.75, 3.05) is 0 Å². The zero-order valence-electron chi connectivity index (χ0n) is 11.6. The van der Waals surface area contributed by atoms with Crippen molar-refractivity contribution in [3.63, 3.8) is 0 Å². The monoisotopic (exact) mass is 328 g/mol. The van der Waals surface area contributed by atoms with Gasteiger partial charge in [-0.2, -0.15) is 5.10 Å². The quantitative estimate of drug-likeness (QED) is 0.843. The highest BCUT2D eigenvalue weighted by molar-refractivity contribution is 7.98. The van der Waals surface area contributed by atoms with E-state index in [1.165, 1.54) is 23.9 Å². The van der Waals surface area contributed by atoms with Crippen molar-refractivity contribution < 1.29 is 14.3 Å². The fourth-order valence-electron chi connectivity index (χ4n) is 1.90. The Kier molecular flexibility index (Phi) is 4.90. The topological polar surface area (TPSA) is 55.1 Å². The van der Waals surface area contributed by atoms with Gasteiger partial charge in [-0.25, -0.2) is 9.18 Å². The van der Waals surface area contributed by atoms with Gasteiger partial charge in [0.25, 0.3) is 0 Å². The third-order valence-corrected chi connectivity index (χ3v) is 4.53. The normalized spacial score (nSPS) is 10.9. The second-order valence-corrected chi connectivity index (χ2v) is 5.80. The number of aromatic carboxylic acids is 1. The minimum atomic E-state index is -1.08. The molecule has 0 atom stereocenters. The van der Waals surface area contributed by atoms with Crippen LogP contribution in [-0.2, 0) is 12.3 Å². The largest absolute Gasteiger partial charge is 0.478 e. The molecular formula is C14H14ClFN2O2S. The van der Waals surface area contributed by atoms with Gasteiger partial charge in [-0.3, -0.25) is 4.68 Å². The van der Waals surface area contributed by atoms with Gasteiger partial charge in [0, 0.05) is 17.2 Å². The molecule has 0 aliphatic rings. The number of carboxylic acids is 1. The van der Waals surface area contributed by atoms with E-state index in [4.69, 9.17) is 16.7 Å². The van der Waals surface area contributed by atoms with E-state index in [0.29, 0.717) is 17.3 Å². The van der Waals surface area contributed by atoms with Crippen molar-refractivity contribution in [1.82, 2.24) is 9.78 Å². The van der Waals surface area contributed by atoms with E-state index in [1.54, 1.807) is 4.68 Å². The SMILES string of the molecule is CCn1nc(C)c(Cl)c1CSc1cc(C(=O)O)ccc1F. The van der Waals surface area contributed by atoms with Crippen LogP contribution in [0.25, 0.3) is 0 Å². The summed E-state index contributed by atoms with van der Waals surface area (Å²) in [5.74, 6) is -1.10. The van der Waals surface area contributed by atoms with Crippen LogP contribution in [0.4, 0.5) is 4.39 Å². The lowest BCUT2D eigenvalue weighted by molar-refractivity contribution is 0.0696. The number of hydrogen-bond donors (Lipinski definition) is 1.